The molecule has 1 N–H and O–H groups in total. The molecule has 126 valence electrons. The van der Waals surface area contributed by atoms with E-state index >= 15 is 0 Å². The van der Waals surface area contributed by atoms with Gasteiger partial charge in [0.1, 0.15) is 0 Å². The first kappa shape index (κ1) is 17.3. The molecule has 0 atom stereocenters. The highest BCUT2D eigenvalue weighted by Crippen LogP contribution is 2.22. The van der Waals surface area contributed by atoms with E-state index < -0.39 is 0 Å². The number of anilines is 1. The van der Waals surface area contributed by atoms with E-state index in [9.17, 15) is 4.79 Å². The molecule has 1 amide bonds. The number of amides is 1. The van der Waals surface area contributed by atoms with Crippen molar-refractivity contribution in [3.05, 3.63) is 45.9 Å². The Kier molecular flexibility index (Phi) is 5.78. The molecule has 1 aromatic heterocycles. The minimum absolute atomic E-state index is 0.282. The zero-order valence-corrected chi connectivity index (χ0v) is 15.2. The average Bonchev–Trinajstić information content (AvgIpc) is 3.02. The van der Waals surface area contributed by atoms with Crippen LogP contribution < -0.4 is 5.32 Å². The number of nitrogens with one attached hydrogen (secondary N) is 1. The van der Waals surface area contributed by atoms with Gasteiger partial charge >= 0.3 is 0 Å². The van der Waals surface area contributed by atoms with Crippen molar-refractivity contribution in [2.45, 2.75) is 6.42 Å². The van der Waals surface area contributed by atoms with E-state index in [1.165, 1.54) is 11.3 Å². The molecule has 0 radical (unpaired) electrons. The summed E-state index contributed by atoms with van der Waals surface area (Å²) in [7, 11) is 0. The summed E-state index contributed by atoms with van der Waals surface area (Å²) >= 11 is 12.7. The Bertz CT molecular complexity index is 744. The smallest absolute Gasteiger partial charge is 0.285 e. The average molecular weight is 382 g/mol. The van der Waals surface area contributed by atoms with Gasteiger partial charge in [-0.1, -0.05) is 36.0 Å². The van der Waals surface area contributed by atoms with Crippen molar-refractivity contribution < 1.29 is 9.53 Å². The highest BCUT2D eigenvalue weighted by molar-refractivity contribution is 7.82. The minimum atomic E-state index is -0.296. The number of carbonyl (C=O) groups excluding carboxylic acids is 1. The molecular formula is C16H16ClN3O2S2. The fourth-order valence-electron chi connectivity index (χ4n) is 2.36. The highest BCUT2D eigenvalue weighted by Gasteiger charge is 2.20. The molecule has 1 fully saturated rings. The molecule has 1 aliphatic heterocycles. The number of thiazole rings is 1. The van der Waals surface area contributed by atoms with E-state index in [-0.39, 0.29) is 10.9 Å². The van der Waals surface area contributed by atoms with Gasteiger partial charge in [-0.3, -0.25) is 10.1 Å². The van der Waals surface area contributed by atoms with Crippen LogP contribution in [0, 0.1) is 0 Å². The quantitative estimate of drug-likeness (QED) is 0.828. The van der Waals surface area contributed by atoms with Crippen LogP contribution in [0.1, 0.15) is 10.4 Å². The Morgan fingerprint density at radius 3 is 2.96 bits per heavy atom. The van der Waals surface area contributed by atoms with Gasteiger partial charge in [-0.25, -0.2) is 4.98 Å². The number of nitrogens with zero attached hydrogens (tertiary/aromatic N) is 2. The van der Waals surface area contributed by atoms with Gasteiger partial charge in [0.2, 0.25) is 0 Å². The lowest BCUT2D eigenvalue weighted by Gasteiger charge is -2.28. The Balaban J connectivity index is 1.59. The van der Waals surface area contributed by atoms with Crippen LogP contribution in [-0.4, -0.2) is 47.1 Å². The number of hydrogen-bond acceptors (Lipinski definition) is 5. The van der Waals surface area contributed by atoms with Crippen LogP contribution in [0.3, 0.4) is 0 Å². The minimum Gasteiger partial charge on any atom is -0.378 e. The van der Waals surface area contributed by atoms with Gasteiger partial charge < -0.3 is 9.64 Å². The molecule has 1 aliphatic rings. The van der Waals surface area contributed by atoms with E-state index in [2.05, 4.69) is 10.3 Å². The lowest BCUT2D eigenvalue weighted by Crippen LogP contribution is -2.44. The van der Waals surface area contributed by atoms with Crippen LogP contribution in [0.25, 0.3) is 0 Å². The SMILES string of the molecule is O=C(Nc1ncc(Cc2cccc(Cl)c2)s1)C(=S)N1CCOCC1. The van der Waals surface area contributed by atoms with Gasteiger partial charge in [-0.2, -0.15) is 0 Å². The van der Waals surface area contributed by atoms with Crippen LogP contribution in [0.2, 0.25) is 5.02 Å². The third kappa shape index (κ3) is 4.51. The summed E-state index contributed by atoms with van der Waals surface area (Å²) in [5, 5.41) is 4.03. The molecule has 1 aromatic carbocycles. The van der Waals surface area contributed by atoms with Gasteiger partial charge in [0.15, 0.2) is 10.1 Å². The maximum atomic E-state index is 12.2. The number of carbonyl (C=O) groups is 1. The lowest BCUT2D eigenvalue weighted by molar-refractivity contribution is -0.111. The second kappa shape index (κ2) is 8.02. The summed E-state index contributed by atoms with van der Waals surface area (Å²) in [5.41, 5.74) is 1.10. The largest absolute Gasteiger partial charge is 0.378 e. The number of ether oxygens (including phenoxy) is 1. The van der Waals surface area contributed by atoms with Gasteiger partial charge in [-0.05, 0) is 17.7 Å². The molecule has 0 bridgehead atoms. The normalized spacial score (nSPS) is 14.5. The van der Waals surface area contributed by atoms with Gasteiger partial charge in [-0.15, -0.1) is 11.3 Å². The van der Waals surface area contributed by atoms with Gasteiger partial charge in [0, 0.05) is 35.6 Å². The molecule has 0 unspecified atom stereocenters. The molecule has 3 rings (SSSR count). The number of aromatic nitrogens is 1. The maximum absolute atomic E-state index is 12.2. The fraction of sp³-hybridized carbons (Fsp3) is 0.312. The second-order valence-electron chi connectivity index (χ2n) is 5.30. The van der Waals surface area contributed by atoms with E-state index in [4.69, 9.17) is 28.6 Å². The van der Waals surface area contributed by atoms with E-state index in [0.29, 0.717) is 36.5 Å². The number of benzene rings is 1. The molecule has 24 heavy (non-hydrogen) atoms. The predicted octanol–water partition coefficient (Wildman–Crippen LogP) is 2.99. The van der Waals surface area contributed by atoms with E-state index in [1.54, 1.807) is 6.20 Å². The molecular weight excluding hydrogens is 366 g/mol. The first-order chi connectivity index (χ1) is 11.6. The molecule has 5 nitrogen and oxygen atoms in total. The van der Waals surface area contributed by atoms with Crippen molar-refractivity contribution in [3.63, 3.8) is 0 Å². The van der Waals surface area contributed by atoms with E-state index in [1.807, 2.05) is 29.2 Å². The molecule has 0 spiro atoms. The fourth-order valence-corrected chi connectivity index (χ4v) is 3.64. The zero-order valence-electron chi connectivity index (χ0n) is 12.8. The maximum Gasteiger partial charge on any atom is 0.285 e. The monoisotopic (exact) mass is 381 g/mol. The Hall–Kier alpha value is -1.54. The molecule has 0 saturated carbocycles. The number of rotatable bonds is 3. The van der Waals surface area contributed by atoms with Crippen LogP contribution >= 0.6 is 35.2 Å². The molecule has 2 heterocycles. The first-order valence-electron chi connectivity index (χ1n) is 7.49. The van der Waals surface area contributed by atoms with Crippen LogP contribution in [0.15, 0.2) is 30.5 Å². The zero-order chi connectivity index (χ0) is 16.9. The highest BCUT2D eigenvalue weighted by atomic mass is 35.5. The number of halogens is 1. The van der Waals surface area contributed by atoms with E-state index in [0.717, 1.165) is 16.9 Å². The van der Waals surface area contributed by atoms with Crippen LogP contribution in [0.5, 0.6) is 0 Å². The van der Waals surface area contributed by atoms with Crippen molar-refractivity contribution in [1.29, 1.82) is 0 Å². The van der Waals surface area contributed by atoms with Crippen molar-refractivity contribution in [2.75, 3.05) is 31.6 Å². The van der Waals surface area contributed by atoms with Crippen molar-refractivity contribution in [1.82, 2.24) is 9.88 Å². The molecule has 1 saturated heterocycles. The summed E-state index contributed by atoms with van der Waals surface area (Å²) in [6.07, 6.45) is 2.49. The standard InChI is InChI=1S/C16H16ClN3O2S2/c17-12-3-1-2-11(8-12)9-13-10-18-16(24-13)19-14(21)15(23)20-4-6-22-7-5-20/h1-3,8,10H,4-7,9H2,(H,18,19,21). The first-order valence-corrected chi connectivity index (χ1v) is 9.09. The van der Waals surface area contributed by atoms with Gasteiger partial charge in [0.05, 0.1) is 13.2 Å². The summed E-state index contributed by atoms with van der Waals surface area (Å²) < 4.78 is 5.26. The topological polar surface area (TPSA) is 54.5 Å². The number of hydrogen-bond donors (Lipinski definition) is 1. The van der Waals surface area contributed by atoms with Crippen LogP contribution in [0.4, 0.5) is 5.13 Å². The van der Waals surface area contributed by atoms with Crippen molar-refractivity contribution in [3.8, 4) is 0 Å². The Morgan fingerprint density at radius 1 is 1.42 bits per heavy atom. The second-order valence-corrected chi connectivity index (χ2v) is 7.24. The third-order valence-electron chi connectivity index (χ3n) is 3.53. The van der Waals surface area contributed by atoms with Gasteiger partial charge in [0.25, 0.3) is 5.91 Å². The summed E-state index contributed by atoms with van der Waals surface area (Å²) in [5.74, 6) is -0.296. The Labute approximate surface area is 154 Å². The molecule has 8 heteroatoms. The Morgan fingerprint density at radius 2 is 2.21 bits per heavy atom. The van der Waals surface area contributed by atoms with Crippen molar-refractivity contribution in [2.24, 2.45) is 0 Å². The molecule has 0 aliphatic carbocycles. The number of morpholine rings is 1. The number of thiocarbonyl (C=S) groups is 1. The molecule has 2 aromatic rings. The third-order valence-corrected chi connectivity index (χ3v) is 5.13. The van der Waals surface area contributed by atoms with Crippen LogP contribution in [-0.2, 0) is 16.0 Å². The summed E-state index contributed by atoms with van der Waals surface area (Å²) in [6, 6.07) is 7.70. The predicted molar refractivity (Wildman–Crippen MR) is 100.0 cm³/mol. The summed E-state index contributed by atoms with van der Waals surface area (Å²) in [4.78, 5) is 19.7. The lowest BCUT2D eigenvalue weighted by atomic mass is 10.1. The summed E-state index contributed by atoms with van der Waals surface area (Å²) in [6.45, 7) is 2.47. The van der Waals surface area contributed by atoms with Crippen molar-refractivity contribution >= 4 is 51.2 Å².